The summed E-state index contributed by atoms with van der Waals surface area (Å²) in [5, 5.41) is 12.5. The Morgan fingerprint density at radius 2 is 2.24 bits per heavy atom. The molecule has 0 aliphatic rings. The van der Waals surface area contributed by atoms with E-state index in [-0.39, 0.29) is 24.1 Å². The summed E-state index contributed by atoms with van der Waals surface area (Å²) >= 11 is 0. The van der Waals surface area contributed by atoms with Crippen molar-refractivity contribution in [3.05, 3.63) is 35.5 Å². The van der Waals surface area contributed by atoms with Crippen LogP contribution in [0.3, 0.4) is 0 Å². The molecule has 0 radical (unpaired) electrons. The van der Waals surface area contributed by atoms with Gasteiger partial charge in [-0.05, 0) is 30.7 Å². The van der Waals surface area contributed by atoms with Crippen LogP contribution >= 0.6 is 0 Å². The fraction of sp³-hybridized carbons (Fsp3) is 0.273. The number of aliphatic hydroxyl groups is 1. The molecule has 1 atom stereocenters. The van der Waals surface area contributed by atoms with Crippen LogP contribution in [-0.2, 0) is 0 Å². The Morgan fingerprint density at radius 1 is 1.47 bits per heavy atom. The Labute approximate surface area is 97.1 Å². The van der Waals surface area contributed by atoms with Gasteiger partial charge in [0.25, 0.3) is 0 Å². The molecule has 17 heavy (non-hydrogen) atoms. The minimum Gasteiger partial charge on any atom is -0.394 e. The van der Waals surface area contributed by atoms with Crippen molar-refractivity contribution in [2.75, 3.05) is 6.61 Å². The van der Waals surface area contributed by atoms with E-state index >= 15 is 0 Å². The molecule has 5 nitrogen and oxygen atoms in total. The Balaban J connectivity index is 2.36. The molecule has 0 aliphatic heterocycles. The van der Waals surface area contributed by atoms with Gasteiger partial charge >= 0.3 is 0 Å². The first-order chi connectivity index (χ1) is 8.10. The van der Waals surface area contributed by atoms with Gasteiger partial charge in [0.1, 0.15) is 11.9 Å². The first kappa shape index (κ1) is 11.7. The van der Waals surface area contributed by atoms with Crippen molar-refractivity contribution in [2.24, 2.45) is 5.73 Å². The summed E-state index contributed by atoms with van der Waals surface area (Å²) < 4.78 is 18.1. The highest BCUT2D eigenvalue weighted by atomic mass is 19.1. The summed E-state index contributed by atoms with van der Waals surface area (Å²) in [7, 11) is 0. The highest BCUT2D eigenvalue weighted by Gasteiger charge is 2.15. The van der Waals surface area contributed by atoms with Crippen molar-refractivity contribution >= 4 is 0 Å². The summed E-state index contributed by atoms with van der Waals surface area (Å²) in [5.41, 5.74) is 6.80. The van der Waals surface area contributed by atoms with Crippen molar-refractivity contribution < 1.29 is 14.0 Å². The van der Waals surface area contributed by atoms with Crippen molar-refractivity contribution in [1.82, 2.24) is 10.1 Å². The maximum Gasteiger partial charge on any atom is 0.246 e. The highest BCUT2D eigenvalue weighted by molar-refractivity contribution is 5.55. The van der Waals surface area contributed by atoms with Gasteiger partial charge in [0, 0.05) is 5.56 Å². The van der Waals surface area contributed by atoms with Crippen LogP contribution in [0.4, 0.5) is 4.39 Å². The molecule has 0 spiro atoms. The van der Waals surface area contributed by atoms with Crippen LogP contribution in [0.5, 0.6) is 0 Å². The van der Waals surface area contributed by atoms with Crippen LogP contribution in [0.15, 0.2) is 22.7 Å². The lowest BCUT2D eigenvalue weighted by Crippen LogP contribution is -2.14. The number of benzene rings is 1. The van der Waals surface area contributed by atoms with Crippen molar-refractivity contribution in [1.29, 1.82) is 0 Å². The molecule has 0 saturated heterocycles. The zero-order valence-corrected chi connectivity index (χ0v) is 9.22. The third kappa shape index (κ3) is 2.48. The monoisotopic (exact) mass is 237 g/mol. The van der Waals surface area contributed by atoms with E-state index in [1.165, 1.54) is 12.1 Å². The number of nitrogens with two attached hydrogens (primary N) is 1. The average molecular weight is 237 g/mol. The molecule has 0 unspecified atom stereocenters. The Morgan fingerprint density at radius 3 is 2.88 bits per heavy atom. The second kappa shape index (κ2) is 4.60. The molecule has 3 N–H and O–H groups in total. The fourth-order valence-electron chi connectivity index (χ4n) is 1.45. The molecule has 0 fully saturated rings. The molecule has 2 aromatic rings. The Bertz CT molecular complexity index is 507. The van der Waals surface area contributed by atoms with E-state index in [4.69, 9.17) is 15.4 Å². The minimum absolute atomic E-state index is 0.129. The number of hydrogen-bond acceptors (Lipinski definition) is 5. The predicted molar refractivity (Wildman–Crippen MR) is 58.4 cm³/mol. The number of halogens is 1. The Hall–Kier alpha value is -1.79. The van der Waals surface area contributed by atoms with Crippen LogP contribution in [-0.4, -0.2) is 21.9 Å². The van der Waals surface area contributed by atoms with E-state index in [0.29, 0.717) is 5.56 Å². The number of rotatable bonds is 3. The number of aryl methyl sites for hydroxylation is 1. The zero-order chi connectivity index (χ0) is 12.4. The van der Waals surface area contributed by atoms with Crippen LogP contribution in [0.25, 0.3) is 11.4 Å². The molecule has 1 heterocycles. The Kier molecular flexibility index (Phi) is 3.16. The fourth-order valence-corrected chi connectivity index (χ4v) is 1.45. The molecule has 0 aliphatic carbocycles. The molecule has 0 amide bonds. The van der Waals surface area contributed by atoms with E-state index in [1.54, 1.807) is 13.0 Å². The van der Waals surface area contributed by atoms with Gasteiger partial charge in [-0.25, -0.2) is 4.39 Å². The molecule has 90 valence electrons. The smallest absolute Gasteiger partial charge is 0.246 e. The van der Waals surface area contributed by atoms with E-state index < -0.39 is 6.04 Å². The third-order valence-electron chi connectivity index (χ3n) is 2.26. The van der Waals surface area contributed by atoms with E-state index in [0.717, 1.165) is 5.56 Å². The lowest BCUT2D eigenvalue weighted by Gasteiger charge is -1.99. The first-order valence-electron chi connectivity index (χ1n) is 5.08. The number of aromatic nitrogens is 2. The quantitative estimate of drug-likeness (QED) is 0.837. The van der Waals surface area contributed by atoms with Gasteiger partial charge in [0.15, 0.2) is 0 Å². The summed E-state index contributed by atoms with van der Waals surface area (Å²) in [4.78, 5) is 4.00. The summed E-state index contributed by atoms with van der Waals surface area (Å²) in [6.45, 7) is 1.48. The van der Waals surface area contributed by atoms with Gasteiger partial charge in [-0.2, -0.15) is 4.98 Å². The largest absolute Gasteiger partial charge is 0.394 e. The molecule has 1 aromatic carbocycles. The normalized spacial score (nSPS) is 12.7. The first-order valence-corrected chi connectivity index (χ1v) is 5.08. The van der Waals surface area contributed by atoms with Gasteiger partial charge in [0.2, 0.25) is 11.7 Å². The third-order valence-corrected chi connectivity index (χ3v) is 2.26. The lowest BCUT2D eigenvalue weighted by molar-refractivity contribution is 0.237. The van der Waals surface area contributed by atoms with E-state index in [1.807, 2.05) is 0 Å². The standard InChI is InChI=1S/C11H12FN3O2/c1-6-2-7(4-8(12)3-6)10-14-11(17-15-10)9(13)5-16/h2-4,9,16H,5,13H2,1H3/t9-/m1/s1. The van der Waals surface area contributed by atoms with Crippen LogP contribution < -0.4 is 5.73 Å². The second-order valence-electron chi connectivity index (χ2n) is 3.76. The zero-order valence-electron chi connectivity index (χ0n) is 9.22. The maximum absolute atomic E-state index is 13.2. The molecule has 6 heteroatoms. The number of hydrogen-bond donors (Lipinski definition) is 2. The van der Waals surface area contributed by atoms with Crippen molar-refractivity contribution in [2.45, 2.75) is 13.0 Å². The van der Waals surface area contributed by atoms with Gasteiger partial charge in [-0.1, -0.05) is 5.16 Å². The maximum atomic E-state index is 13.2. The highest BCUT2D eigenvalue weighted by Crippen LogP contribution is 2.20. The van der Waals surface area contributed by atoms with Crippen molar-refractivity contribution in [3.8, 4) is 11.4 Å². The topological polar surface area (TPSA) is 85.2 Å². The minimum atomic E-state index is -0.717. The summed E-state index contributed by atoms with van der Waals surface area (Å²) in [6.07, 6.45) is 0. The van der Waals surface area contributed by atoms with Crippen LogP contribution in [0, 0.1) is 12.7 Å². The molecule has 0 saturated carbocycles. The van der Waals surface area contributed by atoms with E-state index in [9.17, 15) is 4.39 Å². The summed E-state index contributed by atoms with van der Waals surface area (Å²) in [6, 6.07) is 3.74. The SMILES string of the molecule is Cc1cc(F)cc(-c2noc([C@H](N)CO)n2)c1. The second-order valence-corrected chi connectivity index (χ2v) is 3.76. The molecular weight excluding hydrogens is 225 g/mol. The van der Waals surface area contributed by atoms with Gasteiger partial charge in [-0.15, -0.1) is 0 Å². The van der Waals surface area contributed by atoms with Crippen molar-refractivity contribution in [3.63, 3.8) is 0 Å². The molecule has 2 rings (SSSR count). The summed E-state index contributed by atoms with van der Waals surface area (Å²) in [5.74, 6) is 0.0220. The van der Waals surface area contributed by atoms with Gasteiger partial charge in [-0.3, -0.25) is 0 Å². The lowest BCUT2D eigenvalue weighted by atomic mass is 10.1. The van der Waals surface area contributed by atoms with E-state index in [2.05, 4.69) is 10.1 Å². The van der Waals surface area contributed by atoms with Crippen LogP contribution in [0.1, 0.15) is 17.5 Å². The molecule has 1 aromatic heterocycles. The predicted octanol–water partition coefficient (Wildman–Crippen LogP) is 1.18. The van der Waals surface area contributed by atoms with Gasteiger partial charge < -0.3 is 15.4 Å². The van der Waals surface area contributed by atoms with Gasteiger partial charge in [0.05, 0.1) is 6.61 Å². The molecule has 0 bridgehead atoms. The average Bonchev–Trinajstić information content (AvgIpc) is 2.76. The molecular formula is C11H12FN3O2. The number of aliphatic hydroxyl groups excluding tert-OH is 1. The van der Waals surface area contributed by atoms with Crippen LogP contribution in [0.2, 0.25) is 0 Å². The number of nitrogens with zero attached hydrogens (tertiary/aromatic N) is 2.